The summed E-state index contributed by atoms with van der Waals surface area (Å²) in [6, 6.07) is 15.4. The molecule has 3 N–H and O–H groups in total. The van der Waals surface area contributed by atoms with E-state index in [1.165, 1.54) is 13.2 Å². The number of carbonyl (C=O) groups excluding carboxylic acids is 1. The van der Waals surface area contributed by atoms with Gasteiger partial charge in [0.05, 0.1) is 12.7 Å². The van der Waals surface area contributed by atoms with E-state index in [0.717, 1.165) is 36.8 Å². The van der Waals surface area contributed by atoms with Gasteiger partial charge in [-0.05, 0) is 54.8 Å². The van der Waals surface area contributed by atoms with Crippen molar-refractivity contribution in [2.45, 2.75) is 37.8 Å². The Morgan fingerprint density at radius 1 is 1.12 bits per heavy atom. The van der Waals surface area contributed by atoms with Crippen LogP contribution in [0, 0.1) is 5.82 Å². The number of ether oxygens (including phenoxy) is 1. The number of aromatic nitrogens is 1. The second-order valence-electron chi connectivity index (χ2n) is 8.64. The molecule has 0 radical (unpaired) electrons. The zero-order chi connectivity index (χ0) is 23.7. The molecule has 174 valence electrons. The molecule has 4 aromatic rings. The van der Waals surface area contributed by atoms with Crippen molar-refractivity contribution >= 4 is 17.0 Å². The van der Waals surface area contributed by atoms with Gasteiger partial charge in [-0.1, -0.05) is 25.0 Å². The van der Waals surface area contributed by atoms with Gasteiger partial charge in [-0.3, -0.25) is 9.78 Å². The summed E-state index contributed by atoms with van der Waals surface area (Å²) in [5, 5.41) is 3.09. The molecule has 2 aromatic heterocycles. The summed E-state index contributed by atoms with van der Waals surface area (Å²) in [5.41, 5.74) is 9.73. The van der Waals surface area contributed by atoms with Crippen LogP contribution in [0.3, 0.4) is 0 Å². The van der Waals surface area contributed by atoms with Crippen molar-refractivity contribution in [2.75, 3.05) is 7.11 Å². The molecule has 0 spiro atoms. The fraction of sp³-hybridized carbons (Fsp3) is 0.259. The van der Waals surface area contributed by atoms with Crippen molar-refractivity contribution in [2.24, 2.45) is 5.73 Å². The molecule has 7 heteroatoms. The Hall–Kier alpha value is -3.71. The van der Waals surface area contributed by atoms with Gasteiger partial charge in [0.15, 0.2) is 5.58 Å². The molecule has 1 saturated carbocycles. The average molecular weight is 460 g/mol. The van der Waals surface area contributed by atoms with Gasteiger partial charge in [0.25, 0.3) is 5.91 Å². The van der Waals surface area contributed by atoms with E-state index in [2.05, 4.69) is 10.3 Å². The smallest absolute Gasteiger partial charge is 0.251 e. The van der Waals surface area contributed by atoms with E-state index in [1.54, 1.807) is 30.5 Å². The molecule has 2 atom stereocenters. The summed E-state index contributed by atoms with van der Waals surface area (Å²) in [4.78, 5) is 17.3. The van der Waals surface area contributed by atoms with Gasteiger partial charge in [0.1, 0.15) is 22.8 Å². The predicted molar refractivity (Wildman–Crippen MR) is 129 cm³/mol. The zero-order valence-electron chi connectivity index (χ0n) is 18.9. The van der Waals surface area contributed by atoms with Crippen molar-refractivity contribution in [3.63, 3.8) is 0 Å². The van der Waals surface area contributed by atoms with Gasteiger partial charge in [-0.15, -0.1) is 0 Å². The first-order valence-electron chi connectivity index (χ1n) is 11.4. The Morgan fingerprint density at radius 2 is 1.97 bits per heavy atom. The maximum absolute atomic E-state index is 14.5. The Balaban J connectivity index is 1.49. The van der Waals surface area contributed by atoms with E-state index in [9.17, 15) is 9.18 Å². The van der Waals surface area contributed by atoms with E-state index in [0.29, 0.717) is 33.7 Å². The first kappa shape index (κ1) is 22.1. The molecule has 1 aliphatic carbocycles. The lowest BCUT2D eigenvalue weighted by Gasteiger charge is -2.29. The number of furan rings is 1. The van der Waals surface area contributed by atoms with Crippen molar-refractivity contribution < 1.29 is 18.3 Å². The largest absolute Gasteiger partial charge is 0.497 e. The lowest BCUT2D eigenvalue weighted by molar-refractivity contribution is 0.0921. The number of nitrogens with zero attached hydrogens (tertiary/aromatic N) is 1. The van der Waals surface area contributed by atoms with Crippen LogP contribution in [0.15, 0.2) is 65.2 Å². The number of methoxy groups -OCH3 is 1. The van der Waals surface area contributed by atoms with Gasteiger partial charge in [-0.2, -0.15) is 0 Å². The molecule has 0 aliphatic heterocycles. The maximum Gasteiger partial charge on any atom is 0.251 e. The highest BCUT2D eigenvalue weighted by Gasteiger charge is 2.24. The molecule has 34 heavy (non-hydrogen) atoms. The molecule has 2 aromatic carbocycles. The molecule has 2 heterocycles. The van der Waals surface area contributed by atoms with Crippen LogP contribution in [-0.2, 0) is 0 Å². The summed E-state index contributed by atoms with van der Waals surface area (Å²) in [6.07, 6.45) is 5.67. The third-order valence-electron chi connectivity index (χ3n) is 6.42. The normalized spacial score (nSPS) is 18.1. The lowest BCUT2D eigenvalue weighted by Crippen LogP contribution is -2.49. The van der Waals surface area contributed by atoms with Crippen molar-refractivity contribution in [3.05, 3.63) is 72.2 Å². The molecular formula is C27H26FN3O3. The number of pyridine rings is 1. The van der Waals surface area contributed by atoms with E-state index in [4.69, 9.17) is 14.9 Å². The minimum absolute atomic E-state index is 0.0112. The number of halogens is 1. The van der Waals surface area contributed by atoms with Gasteiger partial charge in [0.2, 0.25) is 0 Å². The third-order valence-corrected chi connectivity index (χ3v) is 6.42. The summed E-state index contributed by atoms with van der Waals surface area (Å²) in [7, 11) is 1.53. The number of hydrogen-bond donors (Lipinski definition) is 2. The predicted octanol–water partition coefficient (Wildman–Crippen LogP) is 5.31. The monoisotopic (exact) mass is 459 g/mol. The second-order valence-corrected chi connectivity index (χ2v) is 8.64. The Kier molecular flexibility index (Phi) is 6.02. The van der Waals surface area contributed by atoms with Crippen LogP contribution in [-0.4, -0.2) is 30.1 Å². The number of nitrogens with one attached hydrogen (secondary N) is 1. The minimum Gasteiger partial charge on any atom is -0.497 e. The molecular weight excluding hydrogens is 433 g/mol. The number of amides is 1. The van der Waals surface area contributed by atoms with Gasteiger partial charge in [0, 0.05) is 35.5 Å². The van der Waals surface area contributed by atoms with Crippen molar-refractivity contribution in [3.8, 4) is 28.2 Å². The highest BCUT2D eigenvalue weighted by molar-refractivity contribution is 5.98. The number of nitrogens with two attached hydrogens (primary N) is 1. The number of rotatable bonds is 5. The highest BCUT2D eigenvalue weighted by atomic mass is 19.1. The number of benzene rings is 2. The van der Waals surface area contributed by atoms with Crippen molar-refractivity contribution in [1.29, 1.82) is 0 Å². The Morgan fingerprint density at radius 3 is 2.79 bits per heavy atom. The van der Waals surface area contributed by atoms with E-state index in [-0.39, 0.29) is 18.0 Å². The molecule has 1 fully saturated rings. The molecule has 0 unspecified atom stereocenters. The van der Waals surface area contributed by atoms with E-state index >= 15 is 0 Å². The van der Waals surface area contributed by atoms with Crippen LogP contribution in [0.1, 0.15) is 36.0 Å². The van der Waals surface area contributed by atoms with Crippen LogP contribution >= 0.6 is 0 Å². The van der Waals surface area contributed by atoms with Crippen molar-refractivity contribution in [1.82, 2.24) is 10.3 Å². The zero-order valence-corrected chi connectivity index (χ0v) is 18.9. The average Bonchev–Trinajstić information content (AvgIpc) is 3.30. The van der Waals surface area contributed by atoms with Gasteiger partial charge < -0.3 is 20.2 Å². The van der Waals surface area contributed by atoms with Crippen LogP contribution in [0.5, 0.6) is 5.75 Å². The Bertz CT molecular complexity index is 1350. The fourth-order valence-electron chi connectivity index (χ4n) is 4.54. The number of carbonyl (C=O) groups is 1. The number of hydrogen-bond acceptors (Lipinski definition) is 5. The second kappa shape index (κ2) is 9.27. The highest BCUT2D eigenvalue weighted by Crippen LogP contribution is 2.36. The van der Waals surface area contributed by atoms with Crippen LogP contribution in [0.4, 0.5) is 4.39 Å². The van der Waals surface area contributed by atoms with E-state index in [1.807, 2.05) is 24.3 Å². The summed E-state index contributed by atoms with van der Waals surface area (Å²) < 4.78 is 25.8. The Labute approximate surface area is 196 Å². The molecule has 5 rings (SSSR count). The minimum atomic E-state index is -0.416. The molecule has 6 nitrogen and oxygen atoms in total. The standard InChI is InChI=1S/C27H26FN3O3/c1-33-18-9-10-21(28)20(14-18)25-15-24-26(34-25)19(11-12-30-24)16-5-4-6-17(13-16)27(32)31-23-8-3-2-7-22(23)29/h4-6,9-15,22-23H,2-3,7-8,29H2,1H3,(H,31,32)/t22-,23+/m0/s1. The SMILES string of the molecule is COc1ccc(F)c(-c2cc3nccc(-c4cccc(C(=O)N[C@@H]5CCCC[C@@H]5N)c4)c3o2)c1. The quantitative estimate of drug-likeness (QED) is 0.422. The topological polar surface area (TPSA) is 90.4 Å². The fourth-order valence-corrected chi connectivity index (χ4v) is 4.54. The molecule has 0 bridgehead atoms. The molecule has 1 amide bonds. The summed E-state index contributed by atoms with van der Waals surface area (Å²) in [5.74, 6) is 0.321. The summed E-state index contributed by atoms with van der Waals surface area (Å²) in [6.45, 7) is 0. The number of fused-ring (bicyclic) bond motifs is 1. The van der Waals surface area contributed by atoms with Crippen LogP contribution in [0.25, 0.3) is 33.6 Å². The first-order valence-corrected chi connectivity index (χ1v) is 11.4. The molecule has 0 saturated heterocycles. The molecule has 1 aliphatic rings. The van der Waals surface area contributed by atoms with Gasteiger partial charge >= 0.3 is 0 Å². The maximum atomic E-state index is 14.5. The lowest BCUT2D eigenvalue weighted by atomic mass is 9.91. The third kappa shape index (κ3) is 4.26. The van der Waals surface area contributed by atoms with Crippen LogP contribution < -0.4 is 15.8 Å². The van der Waals surface area contributed by atoms with Gasteiger partial charge in [-0.25, -0.2) is 4.39 Å². The van der Waals surface area contributed by atoms with Crippen LogP contribution in [0.2, 0.25) is 0 Å². The summed E-state index contributed by atoms with van der Waals surface area (Å²) >= 11 is 0. The first-order chi connectivity index (χ1) is 16.5. The van der Waals surface area contributed by atoms with E-state index < -0.39 is 5.82 Å².